The molecule has 6 heteroatoms. The van der Waals surface area contributed by atoms with Gasteiger partial charge >= 0.3 is 0 Å². The minimum Gasteiger partial charge on any atom is -0.493 e. The number of rotatable bonds is 8. The maximum absolute atomic E-state index is 5.93. The number of fused-ring (bicyclic) bond motifs is 1. The van der Waals surface area contributed by atoms with Crippen LogP contribution in [0.15, 0.2) is 6.07 Å². The zero-order valence-corrected chi connectivity index (χ0v) is 15.2. The first kappa shape index (κ1) is 18.8. The Bertz CT molecular complexity index is 531. The van der Waals surface area contributed by atoms with Crippen molar-refractivity contribution >= 4 is 0 Å². The number of hydrogen-bond acceptors (Lipinski definition) is 6. The fourth-order valence-corrected chi connectivity index (χ4v) is 3.26. The number of benzene rings is 1. The molecule has 136 valence electrons. The van der Waals surface area contributed by atoms with E-state index in [9.17, 15) is 0 Å². The van der Waals surface area contributed by atoms with Crippen molar-refractivity contribution in [3.8, 4) is 17.2 Å². The highest BCUT2D eigenvalue weighted by Gasteiger charge is 2.31. The molecule has 0 radical (unpaired) electrons. The molecule has 2 rings (SSSR count). The Hall–Kier alpha value is -1.50. The molecule has 0 spiro atoms. The summed E-state index contributed by atoms with van der Waals surface area (Å²) in [4.78, 5) is 0. The average molecular weight is 340 g/mol. The highest BCUT2D eigenvalue weighted by molar-refractivity contribution is 5.60. The summed E-state index contributed by atoms with van der Waals surface area (Å²) < 4.78 is 33.6. The summed E-state index contributed by atoms with van der Waals surface area (Å²) in [5, 5.41) is 0. The first-order valence-electron chi connectivity index (χ1n) is 8.23. The molecule has 2 unspecified atom stereocenters. The van der Waals surface area contributed by atoms with Crippen LogP contribution in [0.5, 0.6) is 17.2 Å². The van der Waals surface area contributed by atoms with E-state index in [1.807, 2.05) is 13.0 Å². The Balaban J connectivity index is 2.50. The summed E-state index contributed by atoms with van der Waals surface area (Å²) in [6.07, 6.45) is 2.48. The Labute approximate surface area is 143 Å². The average Bonchev–Trinajstić information content (AvgIpc) is 2.77. The molecule has 1 aliphatic rings. The fourth-order valence-electron chi connectivity index (χ4n) is 3.26. The van der Waals surface area contributed by atoms with Crippen molar-refractivity contribution in [1.82, 2.24) is 0 Å². The van der Waals surface area contributed by atoms with Crippen LogP contribution in [0, 0.1) is 0 Å². The van der Waals surface area contributed by atoms with Gasteiger partial charge in [-0.25, -0.2) is 0 Å². The van der Waals surface area contributed by atoms with E-state index >= 15 is 0 Å². The maximum atomic E-state index is 5.93. The molecular formula is C18H28O6. The van der Waals surface area contributed by atoms with Crippen molar-refractivity contribution in [2.75, 3.05) is 41.8 Å². The molecule has 0 saturated carbocycles. The molecule has 0 aliphatic heterocycles. The van der Waals surface area contributed by atoms with Gasteiger partial charge in [-0.2, -0.15) is 0 Å². The normalized spacial score (nSPS) is 20.2. The topological polar surface area (TPSA) is 55.4 Å². The van der Waals surface area contributed by atoms with Crippen molar-refractivity contribution < 1.29 is 28.4 Å². The van der Waals surface area contributed by atoms with Gasteiger partial charge < -0.3 is 28.4 Å². The third-order valence-corrected chi connectivity index (χ3v) is 4.30. The summed E-state index contributed by atoms with van der Waals surface area (Å²) in [6, 6.07) is 1.98. The minimum atomic E-state index is -0.146. The van der Waals surface area contributed by atoms with Crippen LogP contribution in [-0.2, 0) is 20.6 Å². The van der Waals surface area contributed by atoms with E-state index in [0.717, 1.165) is 30.4 Å². The molecule has 24 heavy (non-hydrogen) atoms. The summed E-state index contributed by atoms with van der Waals surface area (Å²) >= 11 is 0. The van der Waals surface area contributed by atoms with Crippen molar-refractivity contribution in [3.05, 3.63) is 17.2 Å². The first-order chi connectivity index (χ1) is 11.7. The highest BCUT2D eigenvalue weighted by atomic mass is 16.7. The zero-order chi connectivity index (χ0) is 17.5. The Morgan fingerprint density at radius 3 is 2.33 bits per heavy atom. The Morgan fingerprint density at radius 2 is 1.75 bits per heavy atom. The maximum Gasteiger partial charge on any atom is 0.203 e. The van der Waals surface area contributed by atoms with Gasteiger partial charge in [-0.15, -0.1) is 0 Å². The number of methoxy groups -OCH3 is 4. The first-order valence-corrected chi connectivity index (χ1v) is 8.23. The third kappa shape index (κ3) is 3.94. The summed E-state index contributed by atoms with van der Waals surface area (Å²) in [6.45, 7) is 2.91. The molecule has 2 atom stereocenters. The molecule has 0 fully saturated rings. The van der Waals surface area contributed by atoms with Crippen LogP contribution in [0.4, 0.5) is 0 Å². The van der Waals surface area contributed by atoms with Crippen molar-refractivity contribution in [2.45, 2.75) is 38.4 Å². The Kier molecular flexibility index (Phi) is 7.15. The molecule has 0 aromatic heterocycles. The van der Waals surface area contributed by atoms with E-state index in [4.69, 9.17) is 28.4 Å². The van der Waals surface area contributed by atoms with Gasteiger partial charge in [0.25, 0.3) is 0 Å². The van der Waals surface area contributed by atoms with Gasteiger partial charge in [0.15, 0.2) is 11.5 Å². The smallest absolute Gasteiger partial charge is 0.203 e. The van der Waals surface area contributed by atoms with E-state index in [-0.39, 0.29) is 19.0 Å². The molecule has 6 nitrogen and oxygen atoms in total. The van der Waals surface area contributed by atoms with Crippen LogP contribution < -0.4 is 14.2 Å². The van der Waals surface area contributed by atoms with Gasteiger partial charge in [0.05, 0.1) is 33.5 Å². The van der Waals surface area contributed by atoms with Crippen LogP contribution in [0.2, 0.25) is 0 Å². The summed E-state index contributed by atoms with van der Waals surface area (Å²) in [7, 11) is 6.50. The predicted octanol–water partition coefficient (Wildman–Crippen LogP) is 3.12. The van der Waals surface area contributed by atoms with Gasteiger partial charge in [-0.1, -0.05) is 0 Å². The lowest BCUT2D eigenvalue weighted by atomic mass is 9.98. The molecule has 0 amide bonds. The zero-order valence-electron chi connectivity index (χ0n) is 15.2. The molecule has 1 aromatic rings. The Morgan fingerprint density at radius 1 is 1.00 bits per heavy atom. The monoisotopic (exact) mass is 340 g/mol. The second kappa shape index (κ2) is 9.11. The minimum absolute atomic E-state index is 0.131. The van der Waals surface area contributed by atoms with E-state index in [1.54, 1.807) is 28.4 Å². The second-order valence-corrected chi connectivity index (χ2v) is 5.63. The van der Waals surface area contributed by atoms with Gasteiger partial charge in [-0.3, -0.25) is 0 Å². The molecule has 1 aromatic carbocycles. The second-order valence-electron chi connectivity index (χ2n) is 5.63. The lowest BCUT2D eigenvalue weighted by molar-refractivity contribution is -0.0910. The number of ether oxygens (including phenoxy) is 6. The molecule has 0 heterocycles. The lowest BCUT2D eigenvalue weighted by Gasteiger charge is -2.23. The van der Waals surface area contributed by atoms with Crippen LogP contribution >= 0.6 is 0 Å². The predicted molar refractivity (Wildman–Crippen MR) is 90.2 cm³/mol. The van der Waals surface area contributed by atoms with Gasteiger partial charge in [0.1, 0.15) is 6.79 Å². The van der Waals surface area contributed by atoms with E-state index in [0.29, 0.717) is 23.9 Å². The van der Waals surface area contributed by atoms with E-state index in [1.165, 1.54) is 0 Å². The van der Waals surface area contributed by atoms with Crippen LogP contribution in [0.1, 0.15) is 37.0 Å². The van der Waals surface area contributed by atoms with Crippen LogP contribution in [0.25, 0.3) is 0 Å². The molecule has 1 aliphatic carbocycles. The van der Waals surface area contributed by atoms with Gasteiger partial charge in [-0.05, 0) is 31.4 Å². The van der Waals surface area contributed by atoms with E-state index in [2.05, 4.69) is 0 Å². The molecular weight excluding hydrogens is 312 g/mol. The lowest BCUT2D eigenvalue weighted by Crippen LogP contribution is -2.17. The molecule has 0 N–H and O–H groups in total. The van der Waals surface area contributed by atoms with Crippen molar-refractivity contribution in [3.63, 3.8) is 0 Å². The summed E-state index contributed by atoms with van der Waals surface area (Å²) in [5.74, 6) is 1.95. The quantitative estimate of drug-likeness (QED) is 0.535. The highest BCUT2D eigenvalue weighted by Crippen LogP contribution is 2.47. The molecule has 0 bridgehead atoms. The fraction of sp³-hybridized carbons (Fsp3) is 0.667. The SMILES string of the molecule is CCOC1CCc2c(cc(OC)c(OC)c2OC)C(OCOC)C1. The standard InChI is InChI=1S/C18H28O6/c1-6-23-12-7-8-13-14(15(9-12)24-11-19-2)10-16(20-3)18(22-5)17(13)21-4/h10,12,15H,6-9,11H2,1-5H3. The number of hydrogen-bond donors (Lipinski definition) is 0. The van der Waals surface area contributed by atoms with Gasteiger partial charge in [0.2, 0.25) is 5.75 Å². The molecule has 0 saturated heterocycles. The van der Waals surface area contributed by atoms with Crippen molar-refractivity contribution in [1.29, 1.82) is 0 Å². The van der Waals surface area contributed by atoms with Gasteiger partial charge in [0, 0.05) is 25.7 Å². The van der Waals surface area contributed by atoms with Crippen molar-refractivity contribution in [2.24, 2.45) is 0 Å². The largest absolute Gasteiger partial charge is 0.493 e. The van der Waals surface area contributed by atoms with Crippen LogP contribution in [0.3, 0.4) is 0 Å². The summed E-state index contributed by atoms with van der Waals surface area (Å²) in [5.41, 5.74) is 2.13. The van der Waals surface area contributed by atoms with Crippen LogP contribution in [-0.4, -0.2) is 47.9 Å². The van der Waals surface area contributed by atoms with E-state index < -0.39 is 0 Å². The third-order valence-electron chi connectivity index (χ3n) is 4.30.